The highest BCUT2D eigenvalue weighted by Crippen LogP contribution is 2.48. The zero-order chi connectivity index (χ0) is 23.7. The van der Waals surface area contributed by atoms with E-state index in [9.17, 15) is 15.0 Å². The molecule has 5 rings (SSSR count). The van der Waals surface area contributed by atoms with E-state index >= 15 is 0 Å². The van der Waals surface area contributed by atoms with Crippen LogP contribution in [-0.4, -0.2) is 95.0 Å². The number of piperidine rings is 1. The number of nitrogens with zero attached hydrogens (tertiary/aromatic N) is 1. The summed E-state index contributed by atoms with van der Waals surface area (Å²) in [5, 5.41) is 22.9. The van der Waals surface area contributed by atoms with Crippen molar-refractivity contribution in [2.45, 2.75) is 93.9 Å². The first kappa shape index (κ1) is 23.2. The lowest BCUT2D eigenvalue weighted by molar-refractivity contribution is -0.229. The molecule has 0 bridgehead atoms. The van der Waals surface area contributed by atoms with Gasteiger partial charge in [0.15, 0.2) is 17.7 Å². The lowest BCUT2D eigenvalue weighted by Crippen LogP contribution is -2.80. The van der Waals surface area contributed by atoms with Gasteiger partial charge in [-0.2, -0.15) is 0 Å². The highest BCUT2D eigenvalue weighted by atomic mass is 16.8. The number of aliphatic hydroxyl groups excluding tert-OH is 2. The van der Waals surface area contributed by atoms with Crippen LogP contribution in [0.3, 0.4) is 0 Å². The van der Waals surface area contributed by atoms with Gasteiger partial charge in [-0.25, -0.2) is 0 Å². The van der Waals surface area contributed by atoms with E-state index in [-0.39, 0.29) is 5.91 Å². The van der Waals surface area contributed by atoms with Crippen molar-refractivity contribution in [2.24, 2.45) is 0 Å². The van der Waals surface area contributed by atoms with Crippen LogP contribution >= 0.6 is 0 Å². The number of ether oxygens (including phenoxy) is 5. The first-order chi connectivity index (χ1) is 15.5. The summed E-state index contributed by atoms with van der Waals surface area (Å²) in [5.41, 5.74) is 0.785. The van der Waals surface area contributed by atoms with Gasteiger partial charge >= 0.3 is 0 Å². The average Bonchev–Trinajstić information content (AvgIpc) is 3.27. The van der Waals surface area contributed by atoms with Crippen molar-refractivity contribution in [3.8, 4) is 0 Å². The molecule has 0 aromatic heterocycles. The van der Waals surface area contributed by atoms with Gasteiger partial charge in [-0.3, -0.25) is 4.79 Å². The van der Waals surface area contributed by atoms with E-state index < -0.39 is 66.2 Å². The molecule has 4 saturated heterocycles. The Morgan fingerprint density at radius 2 is 1.58 bits per heavy atom. The van der Waals surface area contributed by atoms with Crippen molar-refractivity contribution >= 4 is 5.91 Å². The molecule has 4 aliphatic rings. The third kappa shape index (κ3) is 3.70. The van der Waals surface area contributed by atoms with Gasteiger partial charge in [0.25, 0.3) is 5.91 Å². The Labute approximate surface area is 193 Å². The molecule has 9 atom stereocenters. The van der Waals surface area contributed by atoms with Crippen LogP contribution in [0.15, 0.2) is 30.3 Å². The quantitative estimate of drug-likeness (QED) is 0.631. The molecular weight excluding hydrogens is 430 g/mol. The fraction of sp³-hybridized carbons (Fsp3) is 0.708. The minimum Gasteiger partial charge on any atom is -0.390 e. The molecular formula is C24H33NO8. The van der Waals surface area contributed by atoms with Crippen LogP contribution in [0.4, 0.5) is 0 Å². The van der Waals surface area contributed by atoms with Crippen LogP contribution in [0.1, 0.15) is 39.2 Å². The van der Waals surface area contributed by atoms with E-state index in [1.807, 2.05) is 44.2 Å². The summed E-state index contributed by atoms with van der Waals surface area (Å²) >= 11 is 0. The average molecular weight is 464 g/mol. The number of β-lactam (4-membered cyclic amide) rings is 1. The SMILES string of the molecule is CO[C@@H]1C(=O)N2[C@@H]1[C@@H](O)[C@H](c1ccccc1)[C@@H](O)[C@H]2[C@H]1OC(C)(C)O[C@@H]1[C@H]1COC(C)(C)O1. The van der Waals surface area contributed by atoms with Gasteiger partial charge in [-0.1, -0.05) is 30.3 Å². The van der Waals surface area contributed by atoms with Gasteiger partial charge in [-0.05, 0) is 33.3 Å². The largest absolute Gasteiger partial charge is 0.390 e. The van der Waals surface area contributed by atoms with E-state index in [1.54, 1.807) is 13.8 Å². The number of amides is 1. The maximum atomic E-state index is 13.0. The van der Waals surface area contributed by atoms with E-state index in [4.69, 9.17) is 23.7 Å². The first-order valence-electron chi connectivity index (χ1n) is 11.5. The summed E-state index contributed by atoms with van der Waals surface area (Å²) in [4.78, 5) is 14.6. The third-order valence-corrected chi connectivity index (χ3v) is 7.22. The topological polar surface area (TPSA) is 107 Å². The number of benzene rings is 1. The van der Waals surface area contributed by atoms with Gasteiger partial charge in [0.2, 0.25) is 0 Å². The molecule has 4 heterocycles. The zero-order valence-electron chi connectivity index (χ0n) is 19.6. The monoisotopic (exact) mass is 463 g/mol. The molecule has 9 nitrogen and oxygen atoms in total. The van der Waals surface area contributed by atoms with E-state index in [2.05, 4.69) is 0 Å². The number of rotatable bonds is 4. The molecule has 9 heteroatoms. The maximum Gasteiger partial charge on any atom is 0.254 e. The predicted molar refractivity (Wildman–Crippen MR) is 115 cm³/mol. The summed E-state index contributed by atoms with van der Waals surface area (Å²) < 4.78 is 29.8. The van der Waals surface area contributed by atoms with Gasteiger partial charge in [0.1, 0.15) is 18.3 Å². The Bertz CT molecular complexity index is 892. The van der Waals surface area contributed by atoms with Crippen molar-refractivity contribution in [3.63, 3.8) is 0 Å². The van der Waals surface area contributed by atoms with Gasteiger partial charge in [0.05, 0.1) is 30.9 Å². The number of carbonyl (C=O) groups is 1. The maximum absolute atomic E-state index is 13.0. The van der Waals surface area contributed by atoms with Crippen LogP contribution in [0.2, 0.25) is 0 Å². The van der Waals surface area contributed by atoms with Crippen molar-refractivity contribution < 1.29 is 38.7 Å². The molecule has 1 aromatic carbocycles. The normalized spacial score (nSPS) is 43.9. The standard InChI is InChI=1S/C24H33NO8/c1-23(2)30-11-13(31-23)19-20(33-24(3,4)32-19)15-17(26)14(12-9-7-6-8-10-12)18(27)16-21(29-5)22(28)25(15)16/h6-10,13-21,26-27H,11H2,1-5H3/t13-,14-,15+,16-,17-,18+,19-,20-,21+/m1/s1. The predicted octanol–water partition coefficient (Wildman–Crippen LogP) is 0.772. The Morgan fingerprint density at radius 1 is 0.939 bits per heavy atom. The van der Waals surface area contributed by atoms with E-state index in [1.165, 1.54) is 12.0 Å². The molecule has 0 radical (unpaired) electrons. The number of hydrogen-bond acceptors (Lipinski definition) is 8. The Kier molecular flexibility index (Phi) is 5.60. The highest BCUT2D eigenvalue weighted by molar-refractivity contribution is 5.89. The van der Waals surface area contributed by atoms with Crippen molar-refractivity contribution in [1.82, 2.24) is 4.90 Å². The lowest BCUT2D eigenvalue weighted by atomic mass is 9.69. The van der Waals surface area contributed by atoms with Crippen molar-refractivity contribution in [3.05, 3.63) is 35.9 Å². The highest BCUT2D eigenvalue weighted by Gasteiger charge is 2.66. The third-order valence-electron chi connectivity index (χ3n) is 7.22. The van der Waals surface area contributed by atoms with Crippen LogP contribution < -0.4 is 0 Å². The number of methoxy groups -OCH3 is 1. The molecule has 2 N–H and O–H groups in total. The molecule has 4 aliphatic heterocycles. The van der Waals surface area contributed by atoms with Gasteiger partial charge < -0.3 is 38.8 Å². The van der Waals surface area contributed by atoms with Crippen LogP contribution in [0, 0.1) is 0 Å². The molecule has 33 heavy (non-hydrogen) atoms. The minimum atomic E-state index is -1.10. The number of aliphatic hydroxyl groups is 2. The Morgan fingerprint density at radius 3 is 2.18 bits per heavy atom. The van der Waals surface area contributed by atoms with Crippen molar-refractivity contribution in [1.29, 1.82) is 0 Å². The molecule has 0 saturated carbocycles. The fourth-order valence-electron chi connectivity index (χ4n) is 5.89. The number of hydrogen-bond donors (Lipinski definition) is 2. The summed E-state index contributed by atoms with van der Waals surface area (Å²) in [6.07, 6.45) is -4.58. The van der Waals surface area contributed by atoms with E-state index in [0.29, 0.717) is 6.61 Å². The molecule has 1 aromatic rings. The van der Waals surface area contributed by atoms with Crippen LogP contribution in [-0.2, 0) is 28.5 Å². The van der Waals surface area contributed by atoms with Crippen molar-refractivity contribution in [2.75, 3.05) is 13.7 Å². The second kappa shape index (κ2) is 7.98. The summed E-state index contributed by atoms with van der Waals surface area (Å²) in [6.45, 7) is 7.57. The smallest absolute Gasteiger partial charge is 0.254 e. The summed E-state index contributed by atoms with van der Waals surface area (Å²) in [7, 11) is 1.46. The Hall–Kier alpha value is -1.59. The number of carbonyl (C=O) groups excluding carboxylic acids is 1. The molecule has 0 unspecified atom stereocenters. The minimum absolute atomic E-state index is 0.284. The van der Waals surface area contributed by atoms with Crippen LogP contribution in [0.25, 0.3) is 0 Å². The fourth-order valence-corrected chi connectivity index (χ4v) is 5.89. The van der Waals surface area contributed by atoms with Crippen LogP contribution in [0.5, 0.6) is 0 Å². The molecule has 0 aliphatic carbocycles. The Balaban J connectivity index is 1.53. The van der Waals surface area contributed by atoms with Gasteiger partial charge in [0, 0.05) is 13.0 Å². The number of fused-ring (bicyclic) bond motifs is 1. The van der Waals surface area contributed by atoms with E-state index in [0.717, 1.165) is 5.56 Å². The summed E-state index contributed by atoms with van der Waals surface area (Å²) in [5.74, 6) is -2.63. The molecule has 1 amide bonds. The van der Waals surface area contributed by atoms with Gasteiger partial charge in [-0.15, -0.1) is 0 Å². The lowest BCUT2D eigenvalue weighted by Gasteiger charge is -2.60. The molecule has 4 fully saturated rings. The second-order valence-corrected chi connectivity index (χ2v) is 10.2. The summed E-state index contributed by atoms with van der Waals surface area (Å²) in [6, 6.07) is 7.98. The molecule has 0 spiro atoms. The zero-order valence-corrected chi connectivity index (χ0v) is 19.6. The first-order valence-corrected chi connectivity index (χ1v) is 11.5. The second-order valence-electron chi connectivity index (χ2n) is 10.2. The molecule has 182 valence electrons.